The average Bonchev–Trinajstić information content (AvgIpc) is 2.37. The van der Waals surface area contributed by atoms with Crippen molar-refractivity contribution in [3.05, 3.63) is 35.9 Å². The second-order valence-electron chi connectivity index (χ2n) is 3.83. The van der Waals surface area contributed by atoms with Crippen LogP contribution in [-0.2, 0) is 14.3 Å². The van der Waals surface area contributed by atoms with E-state index >= 15 is 0 Å². The third kappa shape index (κ3) is 5.69. The molecule has 0 unspecified atom stereocenters. The number of carbonyl (C=O) groups excluding carboxylic acids is 1. The third-order valence-corrected chi connectivity index (χ3v) is 2.30. The molecular formula is C13H15NO5. The molecule has 0 aliphatic rings. The number of aliphatic carboxylic acids is 1. The maximum Gasteiger partial charge on any atom is 0.330 e. The molecule has 0 bridgehead atoms. The molecule has 0 amide bonds. The number of carboxylic acids is 1. The number of ether oxygens (including phenoxy) is 1. The monoisotopic (exact) mass is 265 g/mol. The van der Waals surface area contributed by atoms with Gasteiger partial charge in [-0.1, -0.05) is 12.1 Å². The van der Waals surface area contributed by atoms with Gasteiger partial charge in [0.2, 0.25) is 0 Å². The van der Waals surface area contributed by atoms with Gasteiger partial charge >= 0.3 is 11.9 Å². The zero-order chi connectivity index (χ0) is 14.3. The molecule has 0 radical (unpaired) electrons. The largest absolute Gasteiger partial charge is 0.508 e. The molecule has 0 fully saturated rings. The lowest BCUT2D eigenvalue weighted by Crippen LogP contribution is -2.31. The van der Waals surface area contributed by atoms with Crippen LogP contribution in [0, 0.1) is 0 Å². The molecule has 0 spiro atoms. The summed E-state index contributed by atoms with van der Waals surface area (Å²) in [7, 11) is 0. The van der Waals surface area contributed by atoms with Crippen LogP contribution < -0.4 is 5.73 Å². The first-order valence-electron chi connectivity index (χ1n) is 5.61. The van der Waals surface area contributed by atoms with E-state index in [-0.39, 0.29) is 18.8 Å². The summed E-state index contributed by atoms with van der Waals surface area (Å²) in [5.74, 6) is -1.57. The number of rotatable bonds is 6. The Bertz CT molecular complexity index is 466. The van der Waals surface area contributed by atoms with Crippen LogP contribution in [-0.4, -0.2) is 34.8 Å². The second kappa shape index (κ2) is 7.17. The minimum absolute atomic E-state index is 0.0494. The molecule has 4 N–H and O–H groups in total. The molecule has 1 atom stereocenters. The van der Waals surface area contributed by atoms with Crippen molar-refractivity contribution in [2.75, 3.05) is 6.61 Å². The molecule has 102 valence electrons. The number of phenols is 1. The Kier molecular flexibility index (Phi) is 5.56. The predicted molar refractivity (Wildman–Crippen MR) is 68.3 cm³/mol. The summed E-state index contributed by atoms with van der Waals surface area (Å²) >= 11 is 0. The van der Waals surface area contributed by atoms with Gasteiger partial charge < -0.3 is 20.7 Å². The van der Waals surface area contributed by atoms with Crippen LogP contribution in [0.4, 0.5) is 0 Å². The zero-order valence-electron chi connectivity index (χ0n) is 10.2. The number of aromatic hydroxyl groups is 1. The number of carbonyl (C=O) groups is 2. The maximum absolute atomic E-state index is 11.3. The highest BCUT2D eigenvalue weighted by atomic mass is 16.5. The van der Waals surface area contributed by atoms with Crippen molar-refractivity contribution < 1.29 is 24.5 Å². The van der Waals surface area contributed by atoms with Gasteiger partial charge in [0.25, 0.3) is 0 Å². The molecule has 0 saturated carbocycles. The number of phenolic OH excluding ortho intramolecular Hbond substituents is 1. The fourth-order valence-electron chi connectivity index (χ4n) is 1.21. The van der Waals surface area contributed by atoms with E-state index in [1.165, 1.54) is 24.3 Å². The van der Waals surface area contributed by atoms with Gasteiger partial charge in [0, 0.05) is 12.5 Å². The van der Waals surface area contributed by atoms with Crippen molar-refractivity contribution in [2.24, 2.45) is 5.73 Å². The first-order chi connectivity index (χ1) is 8.99. The quantitative estimate of drug-likeness (QED) is 0.517. The Morgan fingerprint density at radius 2 is 1.95 bits per heavy atom. The Morgan fingerprint density at radius 1 is 1.32 bits per heavy atom. The summed E-state index contributed by atoms with van der Waals surface area (Å²) < 4.78 is 4.79. The van der Waals surface area contributed by atoms with E-state index in [4.69, 9.17) is 20.7 Å². The number of benzene rings is 1. The standard InChI is InChI=1S/C13H15NO5/c14-11(13(17)18)7-8-19-12(16)6-3-9-1-4-10(15)5-2-9/h1-6,11,15H,7-8,14H2,(H,17,18)/b6-3+/t11-/m0/s1. The van der Waals surface area contributed by atoms with Crippen LogP contribution in [0.1, 0.15) is 12.0 Å². The van der Waals surface area contributed by atoms with E-state index in [0.29, 0.717) is 0 Å². The Morgan fingerprint density at radius 3 is 2.53 bits per heavy atom. The highest BCUT2D eigenvalue weighted by Gasteiger charge is 2.11. The molecule has 0 aliphatic carbocycles. The summed E-state index contributed by atoms with van der Waals surface area (Å²) in [6.45, 7) is -0.0494. The van der Waals surface area contributed by atoms with Crippen LogP contribution in [0.15, 0.2) is 30.3 Å². The molecule has 1 aromatic carbocycles. The van der Waals surface area contributed by atoms with E-state index in [9.17, 15) is 9.59 Å². The number of nitrogens with two attached hydrogens (primary N) is 1. The highest BCUT2D eigenvalue weighted by Crippen LogP contribution is 2.10. The van der Waals surface area contributed by atoms with E-state index in [2.05, 4.69) is 0 Å². The first kappa shape index (κ1) is 14.7. The first-order valence-corrected chi connectivity index (χ1v) is 5.61. The normalized spacial score (nSPS) is 12.3. The van der Waals surface area contributed by atoms with Crippen LogP contribution >= 0.6 is 0 Å². The summed E-state index contributed by atoms with van der Waals surface area (Å²) in [6.07, 6.45) is 2.81. The molecule has 1 aromatic rings. The van der Waals surface area contributed by atoms with E-state index < -0.39 is 18.0 Å². The third-order valence-electron chi connectivity index (χ3n) is 2.30. The van der Waals surface area contributed by atoms with Crippen LogP contribution in [0.2, 0.25) is 0 Å². The topological polar surface area (TPSA) is 110 Å². The van der Waals surface area contributed by atoms with Crippen molar-refractivity contribution in [2.45, 2.75) is 12.5 Å². The van der Waals surface area contributed by atoms with Gasteiger partial charge in [0.15, 0.2) is 0 Å². The molecule has 0 aliphatic heterocycles. The summed E-state index contributed by atoms with van der Waals surface area (Å²) in [5, 5.41) is 17.6. The van der Waals surface area contributed by atoms with Crippen LogP contribution in [0.25, 0.3) is 6.08 Å². The van der Waals surface area contributed by atoms with Gasteiger partial charge in [-0.25, -0.2) is 4.79 Å². The number of esters is 1. The molecule has 19 heavy (non-hydrogen) atoms. The van der Waals surface area contributed by atoms with E-state index in [1.807, 2.05) is 0 Å². The summed E-state index contributed by atoms with van der Waals surface area (Å²) in [6, 6.07) is 5.24. The van der Waals surface area contributed by atoms with Crippen LogP contribution in [0.3, 0.4) is 0 Å². The lowest BCUT2D eigenvalue weighted by atomic mass is 10.2. The Balaban J connectivity index is 2.35. The van der Waals surface area contributed by atoms with Crippen molar-refractivity contribution >= 4 is 18.0 Å². The van der Waals surface area contributed by atoms with Crippen molar-refractivity contribution in [1.29, 1.82) is 0 Å². The number of hydrogen-bond donors (Lipinski definition) is 3. The number of carboxylic acid groups (broad SMARTS) is 1. The van der Waals surface area contributed by atoms with Gasteiger partial charge in [0.1, 0.15) is 11.8 Å². The zero-order valence-corrected chi connectivity index (χ0v) is 10.2. The fourth-order valence-corrected chi connectivity index (χ4v) is 1.21. The SMILES string of the molecule is N[C@@H](CCOC(=O)/C=C/c1ccc(O)cc1)C(=O)O. The van der Waals surface area contributed by atoms with Crippen LogP contribution in [0.5, 0.6) is 5.75 Å². The molecule has 1 rings (SSSR count). The lowest BCUT2D eigenvalue weighted by Gasteiger charge is -2.05. The molecule has 0 aromatic heterocycles. The van der Waals surface area contributed by atoms with Crippen molar-refractivity contribution in [3.8, 4) is 5.75 Å². The molecule has 0 heterocycles. The second-order valence-corrected chi connectivity index (χ2v) is 3.83. The molecule has 6 heteroatoms. The average molecular weight is 265 g/mol. The Hall–Kier alpha value is -2.34. The molecule has 6 nitrogen and oxygen atoms in total. The van der Waals surface area contributed by atoms with Crippen molar-refractivity contribution in [3.63, 3.8) is 0 Å². The lowest BCUT2D eigenvalue weighted by molar-refractivity contribution is -0.142. The molecular weight excluding hydrogens is 250 g/mol. The smallest absolute Gasteiger partial charge is 0.330 e. The van der Waals surface area contributed by atoms with E-state index in [1.54, 1.807) is 12.1 Å². The van der Waals surface area contributed by atoms with Gasteiger partial charge in [0.05, 0.1) is 6.61 Å². The van der Waals surface area contributed by atoms with Gasteiger partial charge in [-0.3, -0.25) is 4.79 Å². The minimum Gasteiger partial charge on any atom is -0.508 e. The fraction of sp³-hybridized carbons (Fsp3) is 0.231. The summed E-state index contributed by atoms with van der Waals surface area (Å²) in [5.41, 5.74) is 5.98. The summed E-state index contributed by atoms with van der Waals surface area (Å²) in [4.78, 5) is 21.7. The maximum atomic E-state index is 11.3. The van der Waals surface area contributed by atoms with Crippen molar-refractivity contribution in [1.82, 2.24) is 0 Å². The Labute approximate surface area is 110 Å². The van der Waals surface area contributed by atoms with Gasteiger partial charge in [-0.2, -0.15) is 0 Å². The molecule has 0 saturated heterocycles. The van der Waals surface area contributed by atoms with Gasteiger partial charge in [-0.15, -0.1) is 0 Å². The highest BCUT2D eigenvalue weighted by molar-refractivity contribution is 5.87. The van der Waals surface area contributed by atoms with Gasteiger partial charge in [-0.05, 0) is 23.8 Å². The number of hydrogen-bond acceptors (Lipinski definition) is 5. The minimum atomic E-state index is -1.13. The predicted octanol–water partition coefficient (Wildman–Crippen LogP) is 0.751. The van der Waals surface area contributed by atoms with E-state index in [0.717, 1.165) is 5.56 Å².